The number of rotatable bonds is 6. The van der Waals surface area contributed by atoms with Crippen molar-refractivity contribution in [2.75, 3.05) is 0 Å². The van der Waals surface area contributed by atoms with Crippen LogP contribution >= 0.6 is 0 Å². The molecule has 0 N–H and O–H groups in total. The van der Waals surface area contributed by atoms with Crippen LogP contribution in [0.1, 0.15) is 144 Å². The second-order valence-electron chi connectivity index (χ2n) is 10.4. The third kappa shape index (κ3) is 10.3. The fraction of sp³-hybridized carbons (Fsp3) is 0.741. The molecule has 34 heavy (non-hydrogen) atoms. The second kappa shape index (κ2) is 14.8. The monoisotopic (exact) mass is 475 g/mol. The number of hydrogen-bond donors (Lipinski definition) is 0. The first kappa shape index (κ1) is 31.7. The molecule has 0 aromatic carbocycles. The summed E-state index contributed by atoms with van der Waals surface area (Å²) in [6.45, 7) is 25.2. The van der Waals surface area contributed by atoms with Crippen molar-refractivity contribution in [1.29, 1.82) is 0 Å². The zero-order valence-corrected chi connectivity index (χ0v) is 22.8. The molecule has 7 nitrogen and oxygen atoms in total. The fourth-order valence-electron chi connectivity index (χ4n) is 2.57. The summed E-state index contributed by atoms with van der Waals surface area (Å²) in [7, 11) is 0. The summed E-state index contributed by atoms with van der Waals surface area (Å²) in [6.07, 6.45) is 2.81. The van der Waals surface area contributed by atoms with Gasteiger partial charge < -0.3 is 8.83 Å². The van der Waals surface area contributed by atoms with Crippen molar-refractivity contribution in [1.82, 2.24) is 15.2 Å². The Balaban J connectivity index is 0.000000473. The van der Waals surface area contributed by atoms with Crippen LogP contribution in [0.5, 0.6) is 0 Å². The molecule has 0 saturated carbocycles. The molecule has 0 saturated heterocycles. The zero-order valence-electron chi connectivity index (χ0n) is 22.8. The molecule has 1 aliphatic heterocycles. The van der Waals surface area contributed by atoms with E-state index in [0.717, 1.165) is 29.9 Å². The van der Waals surface area contributed by atoms with Crippen molar-refractivity contribution in [3.63, 3.8) is 0 Å². The lowest BCUT2D eigenvalue weighted by atomic mass is 9.98. The van der Waals surface area contributed by atoms with Gasteiger partial charge in [0.15, 0.2) is 5.89 Å². The molecular weight excluding hydrogens is 426 g/mol. The predicted octanol–water partition coefficient (Wildman–Crippen LogP) is 8.37. The van der Waals surface area contributed by atoms with Crippen molar-refractivity contribution in [2.45, 2.75) is 121 Å². The van der Waals surface area contributed by atoms with Crippen LogP contribution in [0.2, 0.25) is 0 Å². The molecule has 194 valence electrons. The van der Waals surface area contributed by atoms with Crippen molar-refractivity contribution in [3.05, 3.63) is 29.6 Å². The molecule has 0 atom stereocenters. The minimum absolute atomic E-state index is 0. The Morgan fingerprint density at radius 3 is 1.18 bits per heavy atom. The van der Waals surface area contributed by atoms with E-state index in [9.17, 15) is 0 Å². The van der Waals surface area contributed by atoms with Gasteiger partial charge in [0.2, 0.25) is 11.8 Å². The molecule has 0 unspecified atom stereocenters. The highest BCUT2D eigenvalue weighted by molar-refractivity contribution is 6.08. The van der Waals surface area contributed by atoms with E-state index < -0.39 is 0 Å². The molecule has 0 amide bonds. The first-order valence-electron chi connectivity index (χ1n) is 12.2. The second-order valence-corrected chi connectivity index (χ2v) is 10.4. The van der Waals surface area contributed by atoms with Crippen molar-refractivity contribution in [2.24, 2.45) is 22.0 Å². The van der Waals surface area contributed by atoms with Gasteiger partial charge in [-0.3, -0.25) is 0 Å². The SMILES string of the molecule is C.CC(C)C1=NN=C(C(C)C)C1.CC(C)c1cnc(C(C)C)o1.CC(C)c1nnc(C(C)C)o1. The van der Waals surface area contributed by atoms with Gasteiger partial charge in [0.05, 0.1) is 6.20 Å². The van der Waals surface area contributed by atoms with Crippen LogP contribution < -0.4 is 0 Å². The zero-order chi connectivity index (χ0) is 25.3. The Bertz CT molecular complexity index is 769. The highest BCUT2D eigenvalue weighted by Crippen LogP contribution is 2.20. The molecule has 0 spiro atoms. The van der Waals surface area contributed by atoms with Gasteiger partial charge in [-0.25, -0.2) is 4.98 Å². The maximum absolute atomic E-state index is 5.50. The highest BCUT2D eigenvalue weighted by Gasteiger charge is 2.17. The summed E-state index contributed by atoms with van der Waals surface area (Å²) in [5.41, 5.74) is 2.46. The van der Waals surface area contributed by atoms with Gasteiger partial charge in [-0.05, 0) is 11.8 Å². The number of hydrogen-bond acceptors (Lipinski definition) is 7. The number of oxazole rings is 1. The smallest absolute Gasteiger partial charge is 0.219 e. The molecule has 0 fully saturated rings. The predicted molar refractivity (Wildman–Crippen MR) is 143 cm³/mol. The van der Waals surface area contributed by atoms with Crippen LogP contribution in [0.3, 0.4) is 0 Å². The van der Waals surface area contributed by atoms with Crippen molar-refractivity contribution >= 4 is 11.4 Å². The van der Waals surface area contributed by atoms with Gasteiger partial charge in [0.1, 0.15) is 5.76 Å². The van der Waals surface area contributed by atoms with Gasteiger partial charge in [0, 0.05) is 41.5 Å². The topological polar surface area (TPSA) is 89.7 Å². The molecular formula is C27H49N5O2. The standard InChI is InChI=1S/C9H16N2.C9H15NO.C8H14N2O.CH4/c1-6(2)8-5-9(7(3)4)11-10-8;1-6(2)8-5-10-9(11-8)7(3)4;1-5(2)7-9-10-8(11-7)6(3)4;/h6-7H,5H2,1-4H3;5-7H,1-4H3;5-6H,1-4H3;1H4. The Labute approximate surface area is 208 Å². The molecule has 2 aromatic heterocycles. The summed E-state index contributed by atoms with van der Waals surface area (Å²) in [5, 5.41) is 16.1. The van der Waals surface area contributed by atoms with Crippen molar-refractivity contribution < 1.29 is 8.83 Å². The normalized spacial score (nSPS) is 13.1. The Hall–Kier alpha value is -2.31. The fourth-order valence-corrected chi connectivity index (χ4v) is 2.57. The van der Waals surface area contributed by atoms with Gasteiger partial charge in [0.25, 0.3) is 0 Å². The van der Waals surface area contributed by atoms with Gasteiger partial charge in [-0.2, -0.15) is 10.2 Å². The molecule has 0 aliphatic carbocycles. The number of nitrogens with zero attached hydrogens (tertiary/aromatic N) is 5. The highest BCUT2D eigenvalue weighted by atomic mass is 16.4. The molecule has 3 heterocycles. The lowest BCUT2D eigenvalue weighted by molar-refractivity contribution is 0.417. The van der Waals surface area contributed by atoms with Crippen LogP contribution in [0.4, 0.5) is 0 Å². The van der Waals surface area contributed by atoms with Gasteiger partial charge >= 0.3 is 0 Å². The first-order valence-corrected chi connectivity index (χ1v) is 12.2. The van der Waals surface area contributed by atoms with E-state index in [1.54, 1.807) is 0 Å². The Morgan fingerprint density at radius 1 is 0.559 bits per heavy atom. The third-order valence-electron chi connectivity index (χ3n) is 5.05. The van der Waals surface area contributed by atoms with E-state index >= 15 is 0 Å². The van der Waals surface area contributed by atoms with Gasteiger partial charge in [-0.15, -0.1) is 10.2 Å². The van der Waals surface area contributed by atoms with Crippen LogP contribution in [-0.2, 0) is 0 Å². The van der Waals surface area contributed by atoms with E-state index in [0.29, 0.717) is 35.5 Å². The van der Waals surface area contributed by atoms with Crippen LogP contribution in [0.25, 0.3) is 0 Å². The maximum Gasteiger partial charge on any atom is 0.219 e. The lowest BCUT2D eigenvalue weighted by Crippen LogP contribution is -2.12. The summed E-state index contributed by atoms with van der Waals surface area (Å²) in [5.74, 6) is 5.87. The molecule has 3 rings (SSSR count). The largest absolute Gasteiger partial charge is 0.445 e. The third-order valence-corrected chi connectivity index (χ3v) is 5.05. The minimum atomic E-state index is 0. The summed E-state index contributed by atoms with van der Waals surface area (Å²) in [4.78, 5) is 4.17. The average molecular weight is 476 g/mol. The Morgan fingerprint density at radius 2 is 0.971 bits per heavy atom. The van der Waals surface area contributed by atoms with E-state index in [1.807, 2.05) is 33.9 Å². The van der Waals surface area contributed by atoms with Crippen molar-refractivity contribution in [3.8, 4) is 0 Å². The van der Waals surface area contributed by atoms with Crippen LogP contribution in [0, 0.1) is 11.8 Å². The lowest BCUT2D eigenvalue weighted by Gasteiger charge is -2.05. The maximum atomic E-state index is 5.50. The molecule has 1 aliphatic rings. The molecule has 0 radical (unpaired) electrons. The Kier molecular flexibility index (Phi) is 13.8. The van der Waals surface area contributed by atoms with E-state index in [1.165, 1.54) is 11.4 Å². The van der Waals surface area contributed by atoms with E-state index in [-0.39, 0.29) is 7.43 Å². The first-order chi connectivity index (χ1) is 15.3. The van der Waals surface area contributed by atoms with Crippen LogP contribution in [0.15, 0.2) is 25.2 Å². The summed E-state index contributed by atoms with van der Waals surface area (Å²) < 4.78 is 10.9. The summed E-state index contributed by atoms with van der Waals surface area (Å²) in [6, 6.07) is 0. The molecule has 7 heteroatoms. The molecule has 2 aromatic rings. The number of aromatic nitrogens is 3. The minimum Gasteiger partial charge on any atom is -0.445 e. The molecule has 0 bridgehead atoms. The quantitative estimate of drug-likeness (QED) is 0.418. The average Bonchev–Trinajstić information content (AvgIpc) is 3.49. The van der Waals surface area contributed by atoms with Crippen LogP contribution in [-0.4, -0.2) is 26.6 Å². The van der Waals surface area contributed by atoms with Gasteiger partial charge in [-0.1, -0.05) is 90.5 Å². The summed E-state index contributed by atoms with van der Waals surface area (Å²) >= 11 is 0. The van der Waals surface area contributed by atoms with E-state index in [4.69, 9.17) is 8.83 Å². The van der Waals surface area contributed by atoms with E-state index in [2.05, 4.69) is 80.8 Å².